The summed E-state index contributed by atoms with van der Waals surface area (Å²) in [6, 6.07) is 21.5. The molecule has 8 heteroatoms. The number of rotatable bonds is 12. The first-order chi connectivity index (χ1) is 16.8. The van der Waals surface area contributed by atoms with Gasteiger partial charge in [0.25, 0.3) is 0 Å². The highest BCUT2D eigenvalue weighted by molar-refractivity contribution is 7.89. The number of nitrogens with zero attached hydrogens (tertiary/aromatic N) is 1. The molecule has 0 aliphatic carbocycles. The third kappa shape index (κ3) is 7.56. The van der Waals surface area contributed by atoms with E-state index in [0.717, 1.165) is 24.8 Å². The molecule has 0 aromatic heterocycles. The number of anilines is 1. The van der Waals surface area contributed by atoms with Crippen molar-refractivity contribution in [3.8, 4) is 5.75 Å². The molecule has 0 saturated heterocycles. The number of methoxy groups -OCH3 is 1. The molecule has 0 bridgehead atoms. The Bertz CT molecular complexity index is 1220. The van der Waals surface area contributed by atoms with E-state index in [4.69, 9.17) is 16.3 Å². The van der Waals surface area contributed by atoms with Crippen molar-refractivity contribution >= 4 is 33.2 Å². The summed E-state index contributed by atoms with van der Waals surface area (Å²) in [6.45, 7) is 1.96. The fourth-order valence-corrected chi connectivity index (χ4v) is 5.38. The summed E-state index contributed by atoms with van der Waals surface area (Å²) >= 11 is 6.18. The zero-order valence-corrected chi connectivity index (χ0v) is 21.6. The van der Waals surface area contributed by atoms with Crippen molar-refractivity contribution in [1.29, 1.82) is 0 Å². The van der Waals surface area contributed by atoms with Crippen LogP contribution in [-0.4, -0.2) is 38.8 Å². The predicted octanol–water partition coefficient (Wildman–Crippen LogP) is 5.56. The molecule has 0 fully saturated rings. The molecular formula is C27H31ClN2O4S. The van der Waals surface area contributed by atoms with Crippen molar-refractivity contribution in [2.45, 2.75) is 37.5 Å². The van der Waals surface area contributed by atoms with Crippen LogP contribution in [0.25, 0.3) is 0 Å². The highest BCUT2D eigenvalue weighted by Crippen LogP contribution is 2.28. The minimum absolute atomic E-state index is 0.00411. The SMILES string of the molecule is CCCCc1ccc(NC(=O)CN(CCc2ccccc2)S(=O)(=O)c2ccc(OC)c(Cl)c2)cc1. The van der Waals surface area contributed by atoms with Crippen LogP contribution in [0.4, 0.5) is 5.69 Å². The fraction of sp³-hybridized carbons (Fsp3) is 0.296. The van der Waals surface area contributed by atoms with Gasteiger partial charge in [-0.2, -0.15) is 4.31 Å². The van der Waals surface area contributed by atoms with Crippen LogP contribution in [0.5, 0.6) is 5.75 Å². The number of nitrogens with one attached hydrogen (secondary N) is 1. The lowest BCUT2D eigenvalue weighted by Gasteiger charge is -2.22. The molecule has 3 rings (SSSR count). The Morgan fingerprint density at radius 1 is 0.971 bits per heavy atom. The number of ether oxygens (including phenoxy) is 1. The molecule has 1 amide bonds. The van der Waals surface area contributed by atoms with Crippen molar-refractivity contribution in [3.63, 3.8) is 0 Å². The second kappa shape index (κ2) is 12.7. The first kappa shape index (κ1) is 26.7. The number of carbonyl (C=O) groups is 1. The van der Waals surface area contributed by atoms with Gasteiger partial charge >= 0.3 is 0 Å². The van der Waals surface area contributed by atoms with Gasteiger partial charge in [0.2, 0.25) is 15.9 Å². The van der Waals surface area contributed by atoms with E-state index in [0.29, 0.717) is 17.9 Å². The molecule has 0 atom stereocenters. The fourth-order valence-electron chi connectivity index (χ4n) is 3.64. The molecule has 0 aliphatic rings. The van der Waals surface area contributed by atoms with Crippen molar-refractivity contribution in [3.05, 3.63) is 88.9 Å². The first-order valence-electron chi connectivity index (χ1n) is 11.6. The van der Waals surface area contributed by atoms with Crippen molar-refractivity contribution < 1.29 is 17.9 Å². The normalized spacial score (nSPS) is 11.4. The summed E-state index contributed by atoms with van der Waals surface area (Å²) in [5.74, 6) is -0.0378. The number of carbonyl (C=O) groups excluding carboxylic acids is 1. The zero-order chi connectivity index (χ0) is 25.3. The van der Waals surface area contributed by atoms with Gasteiger partial charge in [0.05, 0.1) is 23.6 Å². The molecule has 0 spiro atoms. The van der Waals surface area contributed by atoms with Crippen molar-refractivity contribution in [1.82, 2.24) is 4.31 Å². The summed E-state index contributed by atoms with van der Waals surface area (Å²) < 4.78 is 33.3. The number of hydrogen-bond donors (Lipinski definition) is 1. The molecule has 35 heavy (non-hydrogen) atoms. The van der Waals surface area contributed by atoms with Gasteiger partial charge in [-0.25, -0.2) is 8.42 Å². The number of sulfonamides is 1. The van der Waals surface area contributed by atoms with E-state index in [1.54, 1.807) is 0 Å². The minimum atomic E-state index is -3.99. The van der Waals surface area contributed by atoms with E-state index in [-0.39, 0.29) is 23.0 Å². The van der Waals surface area contributed by atoms with Crippen LogP contribution in [0.3, 0.4) is 0 Å². The summed E-state index contributed by atoms with van der Waals surface area (Å²) in [7, 11) is -2.53. The molecule has 186 valence electrons. The highest BCUT2D eigenvalue weighted by atomic mass is 35.5. The van der Waals surface area contributed by atoms with Gasteiger partial charge < -0.3 is 10.1 Å². The summed E-state index contributed by atoms with van der Waals surface area (Å²) in [6.07, 6.45) is 3.67. The van der Waals surface area contributed by atoms with Gasteiger partial charge in [-0.3, -0.25) is 4.79 Å². The van der Waals surface area contributed by atoms with Crippen LogP contribution in [0, 0.1) is 0 Å². The summed E-state index contributed by atoms with van der Waals surface area (Å²) in [5.41, 5.74) is 2.81. The lowest BCUT2D eigenvalue weighted by molar-refractivity contribution is -0.116. The average molecular weight is 515 g/mol. The van der Waals surface area contributed by atoms with Crippen LogP contribution >= 0.6 is 11.6 Å². The molecule has 0 aliphatic heterocycles. The Labute approximate surface area is 212 Å². The second-order valence-corrected chi connectivity index (χ2v) is 10.6. The van der Waals surface area contributed by atoms with Gasteiger partial charge in [-0.05, 0) is 60.7 Å². The molecule has 0 saturated carbocycles. The second-order valence-electron chi connectivity index (χ2n) is 8.22. The number of halogens is 1. The third-order valence-corrected chi connectivity index (χ3v) is 7.77. The lowest BCUT2D eigenvalue weighted by atomic mass is 10.1. The monoisotopic (exact) mass is 514 g/mol. The largest absolute Gasteiger partial charge is 0.495 e. The molecule has 0 unspecified atom stereocenters. The van der Waals surface area contributed by atoms with Crippen molar-refractivity contribution in [2.75, 3.05) is 25.5 Å². The van der Waals surface area contributed by atoms with Gasteiger partial charge in [0.15, 0.2) is 0 Å². The Morgan fingerprint density at radius 2 is 1.66 bits per heavy atom. The molecule has 0 radical (unpaired) electrons. The van der Waals surface area contributed by atoms with Gasteiger partial charge in [0, 0.05) is 12.2 Å². The Hall–Kier alpha value is -2.87. The standard InChI is InChI=1S/C27H31ClN2O4S/c1-3-4-8-22-11-13-23(14-12-22)29-27(31)20-30(18-17-21-9-6-5-7-10-21)35(32,33)24-15-16-26(34-2)25(28)19-24/h5-7,9-16,19H,3-4,8,17-18,20H2,1-2H3,(H,29,31). The molecule has 1 N–H and O–H groups in total. The molecule has 3 aromatic rings. The third-order valence-electron chi connectivity index (χ3n) is 5.63. The van der Waals surface area contributed by atoms with Gasteiger partial charge in [-0.15, -0.1) is 0 Å². The number of unbranched alkanes of at least 4 members (excludes halogenated alkanes) is 1. The van der Waals surface area contributed by atoms with E-state index in [1.807, 2.05) is 54.6 Å². The molecule has 6 nitrogen and oxygen atoms in total. The van der Waals surface area contributed by atoms with Crippen LogP contribution < -0.4 is 10.1 Å². The Kier molecular flexibility index (Phi) is 9.72. The molecule has 0 heterocycles. The maximum absolute atomic E-state index is 13.5. The maximum Gasteiger partial charge on any atom is 0.243 e. The first-order valence-corrected chi connectivity index (χ1v) is 13.4. The van der Waals surface area contributed by atoms with Crippen LogP contribution in [0.2, 0.25) is 5.02 Å². The summed E-state index contributed by atoms with van der Waals surface area (Å²) in [4.78, 5) is 12.9. The van der Waals surface area contributed by atoms with Crippen molar-refractivity contribution in [2.24, 2.45) is 0 Å². The maximum atomic E-state index is 13.5. The topological polar surface area (TPSA) is 75.7 Å². The average Bonchev–Trinajstić information content (AvgIpc) is 2.86. The van der Waals surface area contributed by atoms with E-state index in [2.05, 4.69) is 12.2 Å². The van der Waals surface area contributed by atoms with Crippen LogP contribution in [0.1, 0.15) is 30.9 Å². The van der Waals surface area contributed by atoms with Gasteiger partial charge in [-0.1, -0.05) is 67.4 Å². The quantitative estimate of drug-likeness (QED) is 0.343. The van der Waals surface area contributed by atoms with E-state index < -0.39 is 15.9 Å². The van der Waals surface area contributed by atoms with Crippen LogP contribution in [-0.2, 0) is 27.7 Å². The smallest absolute Gasteiger partial charge is 0.243 e. The Morgan fingerprint density at radius 3 is 2.29 bits per heavy atom. The number of amides is 1. The Balaban J connectivity index is 1.78. The van der Waals surface area contributed by atoms with E-state index in [9.17, 15) is 13.2 Å². The van der Waals surface area contributed by atoms with Gasteiger partial charge in [0.1, 0.15) is 5.75 Å². The lowest BCUT2D eigenvalue weighted by Crippen LogP contribution is -2.39. The number of aryl methyl sites for hydroxylation is 1. The summed E-state index contributed by atoms with van der Waals surface area (Å²) in [5, 5.41) is 3.00. The highest BCUT2D eigenvalue weighted by Gasteiger charge is 2.27. The predicted molar refractivity (Wildman–Crippen MR) is 141 cm³/mol. The number of hydrogen-bond acceptors (Lipinski definition) is 4. The zero-order valence-electron chi connectivity index (χ0n) is 20.0. The van der Waals surface area contributed by atoms with E-state index in [1.165, 1.54) is 35.2 Å². The molecular weight excluding hydrogens is 484 g/mol. The van der Waals surface area contributed by atoms with Crippen LogP contribution in [0.15, 0.2) is 77.7 Å². The van der Waals surface area contributed by atoms with E-state index >= 15 is 0 Å². The molecule has 3 aromatic carbocycles. The number of benzene rings is 3. The minimum Gasteiger partial charge on any atom is -0.495 e.